The maximum atomic E-state index is 12.2. The zero-order valence-corrected chi connectivity index (χ0v) is 11.8. The number of carbonyl (C=O) groups is 1. The molecule has 21 heavy (non-hydrogen) atoms. The standard InChI is InChI=1S/C14H12ClN3O3/c1-8-2-4-10(18(20)21)7-13(8)17-14(19)11-5-3-9(15)6-12(11)16/h2-7H,16H2,1H3,(H,17,19). The Hall–Kier alpha value is -2.60. The summed E-state index contributed by atoms with van der Waals surface area (Å²) in [7, 11) is 0. The Morgan fingerprint density at radius 3 is 2.62 bits per heavy atom. The minimum atomic E-state index is -0.522. The van der Waals surface area contributed by atoms with Crippen molar-refractivity contribution in [3.05, 3.63) is 62.7 Å². The van der Waals surface area contributed by atoms with Gasteiger partial charge < -0.3 is 11.1 Å². The van der Waals surface area contributed by atoms with Gasteiger partial charge >= 0.3 is 0 Å². The van der Waals surface area contributed by atoms with Crippen molar-refractivity contribution in [1.82, 2.24) is 0 Å². The summed E-state index contributed by atoms with van der Waals surface area (Å²) in [5, 5.41) is 13.8. The van der Waals surface area contributed by atoms with Crippen molar-refractivity contribution in [3.8, 4) is 0 Å². The second kappa shape index (κ2) is 5.80. The molecular weight excluding hydrogens is 294 g/mol. The Balaban J connectivity index is 2.31. The van der Waals surface area contributed by atoms with Gasteiger partial charge in [-0.25, -0.2) is 0 Å². The maximum absolute atomic E-state index is 12.2. The molecule has 0 saturated carbocycles. The van der Waals surface area contributed by atoms with E-state index in [9.17, 15) is 14.9 Å². The van der Waals surface area contributed by atoms with Crippen LogP contribution < -0.4 is 11.1 Å². The van der Waals surface area contributed by atoms with Crippen LogP contribution in [0.1, 0.15) is 15.9 Å². The lowest BCUT2D eigenvalue weighted by molar-refractivity contribution is -0.384. The van der Waals surface area contributed by atoms with Crippen LogP contribution in [0.3, 0.4) is 0 Å². The number of carbonyl (C=O) groups excluding carboxylic acids is 1. The van der Waals surface area contributed by atoms with Crippen LogP contribution in [0.5, 0.6) is 0 Å². The molecule has 0 atom stereocenters. The summed E-state index contributed by atoms with van der Waals surface area (Å²) in [4.78, 5) is 22.4. The number of benzene rings is 2. The van der Waals surface area contributed by atoms with Gasteiger partial charge in [0, 0.05) is 22.8 Å². The van der Waals surface area contributed by atoms with Gasteiger partial charge in [-0.1, -0.05) is 17.7 Å². The second-order valence-electron chi connectivity index (χ2n) is 4.44. The van der Waals surface area contributed by atoms with Gasteiger partial charge in [0.05, 0.1) is 16.2 Å². The number of nitrogen functional groups attached to an aromatic ring is 1. The topological polar surface area (TPSA) is 98.3 Å². The molecule has 0 spiro atoms. The van der Waals surface area contributed by atoms with Crippen molar-refractivity contribution in [3.63, 3.8) is 0 Å². The van der Waals surface area contributed by atoms with Crippen LogP contribution in [0, 0.1) is 17.0 Å². The molecular formula is C14H12ClN3O3. The molecule has 0 bridgehead atoms. The molecule has 0 radical (unpaired) electrons. The van der Waals surface area contributed by atoms with E-state index in [2.05, 4.69) is 5.32 Å². The Morgan fingerprint density at radius 2 is 2.00 bits per heavy atom. The van der Waals surface area contributed by atoms with Crippen LogP contribution in [0.25, 0.3) is 0 Å². The smallest absolute Gasteiger partial charge is 0.271 e. The number of nitro groups is 1. The highest BCUT2D eigenvalue weighted by Gasteiger charge is 2.14. The number of aryl methyl sites for hydroxylation is 1. The lowest BCUT2D eigenvalue weighted by atomic mass is 10.1. The summed E-state index contributed by atoms with van der Waals surface area (Å²) in [5.74, 6) is -0.451. The predicted molar refractivity (Wildman–Crippen MR) is 81.7 cm³/mol. The fraction of sp³-hybridized carbons (Fsp3) is 0.0714. The van der Waals surface area contributed by atoms with Gasteiger partial charge in [0.2, 0.25) is 0 Å². The van der Waals surface area contributed by atoms with Gasteiger partial charge in [0.15, 0.2) is 0 Å². The predicted octanol–water partition coefficient (Wildman–Crippen LogP) is 3.39. The Morgan fingerprint density at radius 1 is 1.29 bits per heavy atom. The van der Waals surface area contributed by atoms with Gasteiger partial charge in [-0.15, -0.1) is 0 Å². The Labute approximate surface area is 125 Å². The van der Waals surface area contributed by atoms with Crippen molar-refractivity contribution in [2.45, 2.75) is 6.92 Å². The van der Waals surface area contributed by atoms with E-state index in [0.29, 0.717) is 16.3 Å². The molecule has 0 saturated heterocycles. The number of anilines is 2. The van der Waals surface area contributed by atoms with Gasteiger partial charge in [-0.3, -0.25) is 14.9 Å². The molecule has 2 aromatic carbocycles. The fourth-order valence-electron chi connectivity index (χ4n) is 1.79. The van der Waals surface area contributed by atoms with Crippen LogP contribution in [-0.4, -0.2) is 10.8 Å². The molecule has 2 aromatic rings. The quantitative estimate of drug-likeness (QED) is 0.516. The molecule has 2 rings (SSSR count). The number of nitro benzene ring substituents is 1. The van der Waals surface area contributed by atoms with E-state index in [1.165, 1.54) is 24.3 Å². The number of hydrogen-bond acceptors (Lipinski definition) is 4. The largest absolute Gasteiger partial charge is 0.398 e. The van der Waals surface area contributed by atoms with Crippen molar-refractivity contribution in [2.75, 3.05) is 11.1 Å². The SMILES string of the molecule is Cc1ccc([N+](=O)[O-])cc1NC(=O)c1ccc(Cl)cc1N. The lowest BCUT2D eigenvalue weighted by Crippen LogP contribution is -2.14. The molecule has 0 heterocycles. The fourth-order valence-corrected chi connectivity index (χ4v) is 1.97. The molecule has 1 amide bonds. The van der Waals surface area contributed by atoms with Gasteiger partial charge in [-0.2, -0.15) is 0 Å². The van der Waals surface area contributed by atoms with E-state index in [1.54, 1.807) is 19.1 Å². The number of nitrogens with zero attached hydrogens (tertiary/aromatic N) is 1. The molecule has 6 nitrogen and oxygen atoms in total. The highest BCUT2D eigenvalue weighted by Crippen LogP contribution is 2.24. The van der Waals surface area contributed by atoms with Gasteiger partial charge in [0.25, 0.3) is 11.6 Å². The Bertz CT molecular complexity index is 731. The molecule has 108 valence electrons. The first-order chi connectivity index (χ1) is 9.88. The number of hydrogen-bond donors (Lipinski definition) is 2. The summed E-state index contributed by atoms with van der Waals surface area (Å²) in [6.45, 7) is 1.74. The second-order valence-corrected chi connectivity index (χ2v) is 4.88. The first-order valence-electron chi connectivity index (χ1n) is 6.00. The molecule has 0 fully saturated rings. The highest BCUT2D eigenvalue weighted by atomic mass is 35.5. The van der Waals surface area contributed by atoms with Crippen LogP contribution in [0.2, 0.25) is 5.02 Å². The lowest BCUT2D eigenvalue weighted by Gasteiger charge is -2.10. The third-order valence-corrected chi connectivity index (χ3v) is 3.17. The zero-order chi connectivity index (χ0) is 15.6. The van der Waals surface area contributed by atoms with Crippen molar-refractivity contribution in [1.29, 1.82) is 0 Å². The average molecular weight is 306 g/mol. The minimum absolute atomic E-state index is 0.0972. The number of non-ortho nitro benzene ring substituents is 1. The van der Waals surface area contributed by atoms with E-state index in [0.717, 1.165) is 0 Å². The minimum Gasteiger partial charge on any atom is -0.398 e. The third kappa shape index (κ3) is 3.29. The number of amides is 1. The van der Waals surface area contributed by atoms with Gasteiger partial charge in [0.1, 0.15) is 0 Å². The molecule has 0 aliphatic heterocycles. The molecule has 3 N–H and O–H groups in total. The first kappa shape index (κ1) is 14.8. The van der Waals surface area contributed by atoms with Crippen LogP contribution in [0.4, 0.5) is 17.1 Å². The van der Waals surface area contributed by atoms with Crippen LogP contribution >= 0.6 is 11.6 Å². The van der Waals surface area contributed by atoms with E-state index in [-0.39, 0.29) is 16.9 Å². The van der Waals surface area contributed by atoms with E-state index >= 15 is 0 Å². The number of halogens is 1. The maximum Gasteiger partial charge on any atom is 0.271 e. The summed E-state index contributed by atoms with van der Waals surface area (Å²) in [6.07, 6.45) is 0. The monoisotopic (exact) mass is 305 g/mol. The summed E-state index contributed by atoms with van der Waals surface area (Å²) < 4.78 is 0. The van der Waals surface area contributed by atoms with E-state index < -0.39 is 10.8 Å². The molecule has 0 unspecified atom stereocenters. The molecule has 0 aromatic heterocycles. The van der Waals surface area contributed by atoms with Crippen molar-refractivity contribution < 1.29 is 9.72 Å². The number of nitrogens with two attached hydrogens (primary N) is 1. The van der Waals surface area contributed by atoms with Crippen molar-refractivity contribution >= 4 is 34.6 Å². The highest BCUT2D eigenvalue weighted by molar-refractivity contribution is 6.31. The van der Waals surface area contributed by atoms with Crippen molar-refractivity contribution in [2.24, 2.45) is 0 Å². The first-order valence-corrected chi connectivity index (χ1v) is 6.37. The van der Waals surface area contributed by atoms with Crippen LogP contribution in [0.15, 0.2) is 36.4 Å². The number of nitrogens with one attached hydrogen (secondary N) is 1. The third-order valence-electron chi connectivity index (χ3n) is 2.94. The van der Waals surface area contributed by atoms with E-state index in [1.807, 2.05) is 0 Å². The number of rotatable bonds is 3. The molecule has 0 aliphatic carbocycles. The summed E-state index contributed by atoms with van der Waals surface area (Å²) in [5.41, 5.74) is 7.21. The van der Waals surface area contributed by atoms with Gasteiger partial charge in [-0.05, 0) is 30.7 Å². The average Bonchev–Trinajstić information content (AvgIpc) is 2.40. The molecule has 0 aliphatic rings. The zero-order valence-electron chi connectivity index (χ0n) is 11.1. The Kier molecular flexibility index (Phi) is 4.09. The van der Waals surface area contributed by atoms with E-state index in [4.69, 9.17) is 17.3 Å². The normalized spacial score (nSPS) is 10.2. The van der Waals surface area contributed by atoms with Crippen LogP contribution in [-0.2, 0) is 0 Å². The summed E-state index contributed by atoms with van der Waals surface area (Å²) in [6, 6.07) is 8.77. The summed E-state index contributed by atoms with van der Waals surface area (Å²) >= 11 is 5.78. The molecule has 7 heteroatoms.